The molecular weight excluding hydrogens is 336 g/mol. The summed E-state index contributed by atoms with van der Waals surface area (Å²) in [6.45, 7) is 0. The number of thioether (sulfide) groups is 1. The lowest BCUT2D eigenvalue weighted by atomic mass is 10.3. The highest BCUT2D eigenvalue weighted by Crippen LogP contribution is 2.29. The van der Waals surface area contributed by atoms with Gasteiger partial charge in [-0.3, -0.25) is 9.69 Å². The van der Waals surface area contributed by atoms with Crippen LogP contribution in [0.4, 0.5) is 11.4 Å². The average molecular weight is 347 g/mol. The molecule has 1 aliphatic rings. The van der Waals surface area contributed by atoms with E-state index in [0.717, 1.165) is 21.0 Å². The summed E-state index contributed by atoms with van der Waals surface area (Å²) in [6.07, 6.45) is 0. The van der Waals surface area contributed by atoms with Gasteiger partial charge in [0.05, 0.1) is 17.1 Å². The maximum Gasteiger partial charge on any atom is 0.243 e. The molecule has 1 aliphatic heterocycles. The molecule has 0 N–H and O–H groups in total. The minimum atomic E-state index is 0.0667. The van der Waals surface area contributed by atoms with E-state index >= 15 is 0 Å². The average Bonchev–Trinajstić information content (AvgIpc) is 2.83. The van der Waals surface area contributed by atoms with Gasteiger partial charge in [-0.25, -0.2) is 4.99 Å². The second-order valence-corrected chi connectivity index (χ2v) is 6.08. The number of halogens is 1. The molecule has 1 fully saturated rings. The van der Waals surface area contributed by atoms with Gasteiger partial charge in [0, 0.05) is 4.47 Å². The standard InChI is InChI=1S/C15H11BrN2OS/c16-11-6-8-12(9-7-11)17-15-18(14(19)10-20-15)13-4-2-1-3-5-13/h1-9H,10H2. The first-order valence-corrected chi connectivity index (χ1v) is 7.87. The SMILES string of the molecule is O=C1CSC(=Nc2ccc(Br)cc2)N1c1ccccc1. The van der Waals surface area contributed by atoms with Gasteiger partial charge in [0.25, 0.3) is 0 Å². The number of hydrogen-bond acceptors (Lipinski definition) is 3. The van der Waals surface area contributed by atoms with Crippen LogP contribution in [0.3, 0.4) is 0 Å². The van der Waals surface area contributed by atoms with E-state index in [4.69, 9.17) is 0 Å². The Bertz CT molecular complexity index is 655. The van der Waals surface area contributed by atoms with Crippen molar-refractivity contribution in [2.45, 2.75) is 0 Å². The maximum atomic E-state index is 12.0. The molecule has 0 bridgehead atoms. The summed E-state index contributed by atoms with van der Waals surface area (Å²) < 4.78 is 1.01. The second-order valence-electron chi connectivity index (χ2n) is 4.22. The molecule has 1 saturated heterocycles. The molecule has 0 spiro atoms. The Balaban J connectivity index is 1.96. The molecule has 3 rings (SSSR count). The van der Waals surface area contributed by atoms with Crippen LogP contribution in [0, 0.1) is 0 Å². The lowest BCUT2D eigenvalue weighted by Gasteiger charge is -2.15. The molecule has 0 saturated carbocycles. The third kappa shape index (κ3) is 2.78. The lowest BCUT2D eigenvalue weighted by Crippen LogP contribution is -2.28. The van der Waals surface area contributed by atoms with Crippen molar-refractivity contribution in [3.05, 3.63) is 59.1 Å². The highest BCUT2D eigenvalue weighted by atomic mass is 79.9. The summed E-state index contributed by atoms with van der Waals surface area (Å²) in [5, 5.41) is 0.725. The normalized spacial score (nSPS) is 16.9. The smallest absolute Gasteiger partial charge is 0.243 e. The van der Waals surface area contributed by atoms with Crippen LogP contribution in [0.5, 0.6) is 0 Å². The van der Waals surface area contributed by atoms with Crippen LogP contribution in [0.2, 0.25) is 0 Å². The predicted octanol–water partition coefficient (Wildman–Crippen LogP) is 4.22. The van der Waals surface area contributed by atoms with Gasteiger partial charge in [0.2, 0.25) is 5.91 Å². The predicted molar refractivity (Wildman–Crippen MR) is 87.6 cm³/mol. The molecule has 0 radical (unpaired) electrons. The first kappa shape index (κ1) is 13.4. The minimum Gasteiger partial charge on any atom is -0.273 e. The number of anilines is 1. The zero-order valence-corrected chi connectivity index (χ0v) is 12.9. The highest BCUT2D eigenvalue weighted by Gasteiger charge is 2.29. The summed E-state index contributed by atoms with van der Waals surface area (Å²) in [5.74, 6) is 0.502. The van der Waals surface area contributed by atoms with Crippen LogP contribution >= 0.6 is 27.7 Å². The number of carbonyl (C=O) groups is 1. The molecule has 0 unspecified atom stereocenters. The fourth-order valence-corrected chi connectivity index (χ4v) is 3.05. The zero-order valence-electron chi connectivity index (χ0n) is 10.5. The van der Waals surface area contributed by atoms with E-state index in [0.29, 0.717) is 5.75 Å². The molecule has 5 heteroatoms. The van der Waals surface area contributed by atoms with E-state index in [1.54, 1.807) is 4.90 Å². The zero-order chi connectivity index (χ0) is 13.9. The monoisotopic (exact) mass is 346 g/mol. The number of nitrogens with zero attached hydrogens (tertiary/aromatic N) is 2. The van der Waals surface area contributed by atoms with Crippen molar-refractivity contribution in [1.29, 1.82) is 0 Å². The van der Waals surface area contributed by atoms with E-state index in [1.165, 1.54) is 11.8 Å². The van der Waals surface area contributed by atoms with E-state index in [-0.39, 0.29) is 5.91 Å². The topological polar surface area (TPSA) is 32.7 Å². The Labute approximate surface area is 129 Å². The first-order valence-electron chi connectivity index (χ1n) is 6.09. The van der Waals surface area contributed by atoms with Gasteiger partial charge in [0.1, 0.15) is 0 Å². The van der Waals surface area contributed by atoms with Gasteiger partial charge in [-0.15, -0.1) is 0 Å². The molecule has 1 heterocycles. The van der Waals surface area contributed by atoms with Crippen molar-refractivity contribution in [2.75, 3.05) is 10.7 Å². The summed E-state index contributed by atoms with van der Waals surface area (Å²) in [7, 11) is 0. The lowest BCUT2D eigenvalue weighted by molar-refractivity contribution is -0.115. The first-order chi connectivity index (χ1) is 9.74. The Hall–Kier alpha value is -1.59. The molecule has 2 aromatic rings. The molecule has 0 aromatic heterocycles. The van der Waals surface area contributed by atoms with Crippen molar-refractivity contribution in [2.24, 2.45) is 4.99 Å². The Kier molecular flexibility index (Phi) is 3.89. The van der Waals surface area contributed by atoms with Gasteiger partial charge in [-0.2, -0.15) is 0 Å². The molecule has 1 amide bonds. The number of aliphatic imine (C=N–C) groups is 1. The molecule has 20 heavy (non-hydrogen) atoms. The van der Waals surface area contributed by atoms with Crippen LogP contribution < -0.4 is 4.90 Å². The largest absolute Gasteiger partial charge is 0.273 e. The third-order valence-electron chi connectivity index (χ3n) is 2.83. The number of amides is 1. The summed E-state index contributed by atoms with van der Waals surface area (Å²) in [6, 6.07) is 17.3. The minimum absolute atomic E-state index is 0.0667. The molecule has 2 aromatic carbocycles. The van der Waals surface area contributed by atoms with Gasteiger partial charge >= 0.3 is 0 Å². The number of rotatable bonds is 2. The number of para-hydroxylation sites is 1. The highest BCUT2D eigenvalue weighted by molar-refractivity contribution is 9.10. The summed E-state index contributed by atoms with van der Waals surface area (Å²) in [5.41, 5.74) is 1.70. The van der Waals surface area contributed by atoms with E-state index < -0.39 is 0 Å². The van der Waals surface area contributed by atoms with Crippen LogP contribution in [-0.4, -0.2) is 16.8 Å². The summed E-state index contributed by atoms with van der Waals surface area (Å²) >= 11 is 4.87. The van der Waals surface area contributed by atoms with Crippen molar-refractivity contribution in [1.82, 2.24) is 0 Å². The number of carbonyl (C=O) groups excluding carboxylic acids is 1. The third-order valence-corrected chi connectivity index (χ3v) is 4.28. The van der Waals surface area contributed by atoms with Crippen LogP contribution in [0.1, 0.15) is 0 Å². The number of benzene rings is 2. The van der Waals surface area contributed by atoms with Gasteiger partial charge in [0.15, 0.2) is 5.17 Å². The maximum absolute atomic E-state index is 12.0. The number of amidine groups is 1. The van der Waals surface area contributed by atoms with Crippen LogP contribution in [0.25, 0.3) is 0 Å². The van der Waals surface area contributed by atoms with Crippen LogP contribution in [-0.2, 0) is 4.79 Å². The molecular formula is C15H11BrN2OS. The second kappa shape index (κ2) is 5.81. The van der Waals surface area contributed by atoms with Crippen molar-refractivity contribution >= 4 is 50.1 Å². The van der Waals surface area contributed by atoms with Gasteiger partial charge < -0.3 is 0 Å². The molecule has 100 valence electrons. The summed E-state index contributed by atoms with van der Waals surface area (Å²) in [4.78, 5) is 18.3. The Morgan fingerprint density at radius 2 is 1.75 bits per heavy atom. The Morgan fingerprint density at radius 3 is 2.45 bits per heavy atom. The molecule has 0 atom stereocenters. The van der Waals surface area contributed by atoms with Gasteiger partial charge in [-0.1, -0.05) is 45.9 Å². The number of hydrogen-bond donors (Lipinski definition) is 0. The van der Waals surface area contributed by atoms with Gasteiger partial charge in [-0.05, 0) is 36.4 Å². The fourth-order valence-electron chi connectivity index (χ4n) is 1.90. The molecule has 3 nitrogen and oxygen atoms in total. The van der Waals surface area contributed by atoms with E-state index in [9.17, 15) is 4.79 Å². The fraction of sp³-hybridized carbons (Fsp3) is 0.0667. The van der Waals surface area contributed by atoms with Crippen molar-refractivity contribution in [3.8, 4) is 0 Å². The molecule has 0 aliphatic carbocycles. The Morgan fingerprint density at radius 1 is 1.05 bits per heavy atom. The van der Waals surface area contributed by atoms with E-state index in [1.807, 2.05) is 54.6 Å². The van der Waals surface area contributed by atoms with Crippen LogP contribution in [0.15, 0.2) is 64.1 Å². The quantitative estimate of drug-likeness (QED) is 0.815. The van der Waals surface area contributed by atoms with E-state index in [2.05, 4.69) is 20.9 Å². The van der Waals surface area contributed by atoms with Crippen molar-refractivity contribution < 1.29 is 4.79 Å². The van der Waals surface area contributed by atoms with Crippen molar-refractivity contribution in [3.63, 3.8) is 0 Å².